The Labute approximate surface area is 256 Å². The van der Waals surface area contributed by atoms with Crippen molar-refractivity contribution in [2.45, 2.75) is 71.2 Å². The van der Waals surface area contributed by atoms with E-state index in [1.54, 1.807) is 44.6 Å². The zero-order chi connectivity index (χ0) is 31.5. The molecular formula is C36H42O6Si. The van der Waals surface area contributed by atoms with Crippen LogP contribution in [0, 0.1) is 18.8 Å². The van der Waals surface area contributed by atoms with Crippen molar-refractivity contribution < 1.29 is 28.6 Å². The number of methoxy groups -OCH3 is 2. The van der Waals surface area contributed by atoms with E-state index in [-0.39, 0.29) is 23.0 Å². The van der Waals surface area contributed by atoms with Gasteiger partial charge in [0, 0.05) is 47.3 Å². The second-order valence-electron chi connectivity index (χ2n) is 12.4. The first-order valence-corrected chi connectivity index (χ1v) is 17.6. The molecule has 0 aliphatic heterocycles. The molecule has 0 radical (unpaired) electrons. The van der Waals surface area contributed by atoms with Crippen LogP contribution < -0.4 is 9.47 Å². The Bertz CT molecular complexity index is 1600. The van der Waals surface area contributed by atoms with Gasteiger partial charge in [-0.25, -0.2) is 0 Å². The summed E-state index contributed by atoms with van der Waals surface area (Å²) in [4.78, 5) is 27.4. The van der Waals surface area contributed by atoms with Gasteiger partial charge in [-0.1, -0.05) is 63.1 Å². The molecule has 0 bridgehead atoms. The second kappa shape index (κ2) is 12.9. The van der Waals surface area contributed by atoms with Crippen molar-refractivity contribution in [2.75, 3.05) is 20.8 Å². The molecule has 3 aromatic rings. The highest BCUT2D eigenvalue weighted by Crippen LogP contribution is 2.39. The van der Waals surface area contributed by atoms with Crippen molar-refractivity contribution in [3.8, 4) is 23.3 Å². The highest BCUT2D eigenvalue weighted by molar-refractivity contribution is 6.74. The summed E-state index contributed by atoms with van der Waals surface area (Å²) in [5, 5.41) is 11.4. The molecule has 1 aliphatic carbocycles. The number of aliphatic hydroxyl groups excluding tert-OH is 1. The Morgan fingerprint density at radius 3 is 2.16 bits per heavy atom. The molecule has 1 N–H and O–H groups in total. The van der Waals surface area contributed by atoms with Crippen molar-refractivity contribution in [1.82, 2.24) is 0 Å². The van der Waals surface area contributed by atoms with Crippen LogP contribution in [-0.4, -0.2) is 45.8 Å². The minimum Gasteiger partial charge on any atom is -0.496 e. The van der Waals surface area contributed by atoms with E-state index in [9.17, 15) is 14.7 Å². The summed E-state index contributed by atoms with van der Waals surface area (Å²) in [5.41, 5.74) is 4.15. The summed E-state index contributed by atoms with van der Waals surface area (Å²) in [7, 11) is 1.31. The molecule has 7 heteroatoms. The van der Waals surface area contributed by atoms with Gasteiger partial charge in [0.05, 0.1) is 14.2 Å². The molecule has 1 atom stereocenters. The van der Waals surface area contributed by atoms with Crippen LogP contribution in [0.25, 0.3) is 0 Å². The third kappa shape index (κ3) is 6.47. The molecule has 0 fully saturated rings. The molecule has 43 heavy (non-hydrogen) atoms. The first-order valence-electron chi connectivity index (χ1n) is 14.7. The molecule has 1 unspecified atom stereocenters. The number of carbonyl (C=O) groups excluding carboxylic acids is 2. The maximum atomic E-state index is 13.8. The van der Waals surface area contributed by atoms with Gasteiger partial charge < -0.3 is 19.0 Å². The number of fused-ring (bicyclic) bond motifs is 2. The fourth-order valence-corrected chi connectivity index (χ4v) is 6.28. The van der Waals surface area contributed by atoms with Crippen molar-refractivity contribution >= 4 is 19.9 Å². The summed E-state index contributed by atoms with van der Waals surface area (Å²) >= 11 is 0. The van der Waals surface area contributed by atoms with Gasteiger partial charge >= 0.3 is 0 Å². The molecule has 0 amide bonds. The van der Waals surface area contributed by atoms with Crippen LogP contribution in [-0.2, 0) is 10.8 Å². The zero-order valence-corrected chi connectivity index (χ0v) is 27.5. The van der Waals surface area contributed by atoms with Gasteiger partial charge in [0.15, 0.2) is 19.9 Å². The first kappa shape index (κ1) is 32.2. The van der Waals surface area contributed by atoms with E-state index in [4.69, 9.17) is 13.9 Å². The fourth-order valence-electron chi connectivity index (χ4n) is 5.19. The Hall–Kier alpha value is -3.70. The van der Waals surface area contributed by atoms with Crippen LogP contribution in [0.1, 0.15) is 93.8 Å². The number of unbranched alkanes of at least 4 members (excludes halogenated alkanes) is 1. The highest BCUT2D eigenvalue weighted by Gasteiger charge is 2.37. The smallest absolute Gasteiger partial charge is 0.194 e. The number of ether oxygens (including phenoxy) is 2. The highest BCUT2D eigenvalue weighted by atomic mass is 28.4. The van der Waals surface area contributed by atoms with Crippen LogP contribution in [0.5, 0.6) is 11.5 Å². The van der Waals surface area contributed by atoms with Crippen LogP contribution in [0.4, 0.5) is 0 Å². The van der Waals surface area contributed by atoms with Crippen molar-refractivity contribution in [2.24, 2.45) is 0 Å². The van der Waals surface area contributed by atoms with Gasteiger partial charge in [-0.05, 0) is 60.3 Å². The molecule has 226 valence electrons. The molecule has 6 nitrogen and oxygen atoms in total. The lowest BCUT2D eigenvalue weighted by atomic mass is 9.78. The third-order valence-corrected chi connectivity index (χ3v) is 13.3. The normalized spacial score (nSPS) is 13.5. The number of carbonyl (C=O) groups is 2. The molecule has 0 heterocycles. The Morgan fingerprint density at radius 1 is 0.884 bits per heavy atom. The topological polar surface area (TPSA) is 82.1 Å². The van der Waals surface area contributed by atoms with Gasteiger partial charge in [-0.2, -0.15) is 0 Å². The molecule has 0 saturated carbocycles. The predicted octanol–water partition coefficient (Wildman–Crippen LogP) is 7.22. The average Bonchev–Trinajstić information content (AvgIpc) is 2.97. The van der Waals surface area contributed by atoms with Gasteiger partial charge in [0.1, 0.15) is 17.6 Å². The second-order valence-corrected chi connectivity index (χ2v) is 17.3. The quantitative estimate of drug-likeness (QED) is 0.124. The maximum absolute atomic E-state index is 13.8. The molecule has 1 aliphatic rings. The standard InChI is InChI=1S/C36H42O6Si/c1-23-27(33-29(22-32(23)41-6)34(38)25-15-11-12-16-26(25)35(33)39)21-28-24(17-14-19-31(28)40-5)30(37)18-10-9-13-20-42-43(7,8)36(2,3)4/h11-12,14-17,19,22,30,37H,9,13,20-21H2,1-8H3. The number of aliphatic hydroxyl groups is 1. The molecule has 3 aromatic carbocycles. The minimum absolute atomic E-state index is 0.152. The van der Waals surface area contributed by atoms with Gasteiger partial charge in [0.2, 0.25) is 0 Å². The van der Waals surface area contributed by atoms with E-state index >= 15 is 0 Å². The van der Waals surface area contributed by atoms with Crippen molar-refractivity contribution in [3.05, 3.63) is 93.0 Å². The van der Waals surface area contributed by atoms with Crippen LogP contribution in [0.15, 0.2) is 48.5 Å². The summed E-state index contributed by atoms with van der Waals surface area (Å²) in [6.45, 7) is 13.6. The number of benzene rings is 3. The number of hydrogen-bond acceptors (Lipinski definition) is 6. The monoisotopic (exact) mass is 598 g/mol. The van der Waals surface area contributed by atoms with Gasteiger partial charge in [0.25, 0.3) is 0 Å². The molecule has 0 aromatic heterocycles. The van der Waals surface area contributed by atoms with Crippen LogP contribution >= 0.6 is 0 Å². The van der Waals surface area contributed by atoms with Gasteiger partial charge in [-0.15, -0.1) is 5.92 Å². The van der Waals surface area contributed by atoms with E-state index in [1.807, 2.05) is 25.1 Å². The van der Waals surface area contributed by atoms with E-state index in [0.29, 0.717) is 63.5 Å². The summed E-state index contributed by atoms with van der Waals surface area (Å²) in [5.74, 6) is 6.77. The molecule has 4 rings (SSSR count). The van der Waals surface area contributed by atoms with Crippen LogP contribution in [0.2, 0.25) is 18.1 Å². The zero-order valence-electron chi connectivity index (χ0n) is 26.5. The van der Waals surface area contributed by atoms with Crippen molar-refractivity contribution in [3.63, 3.8) is 0 Å². The fraction of sp³-hybridized carbons (Fsp3) is 0.389. The maximum Gasteiger partial charge on any atom is 0.194 e. The predicted molar refractivity (Wildman–Crippen MR) is 172 cm³/mol. The number of ketones is 2. The number of rotatable bonds is 9. The molecule has 0 saturated heterocycles. The Morgan fingerprint density at radius 2 is 1.53 bits per heavy atom. The summed E-state index contributed by atoms with van der Waals surface area (Å²) < 4.78 is 17.6. The third-order valence-electron chi connectivity index (χ3n) is 8.77. The van der Waals surface area contributed by atoms with Crippen molar-refractivity contribution in [1.29, 1.82) is 0 Å². The van der Waals surface area contributed by atoms with E-state index < -0.39 is 14.4 Å². The van der Waals surface area contributed by atoms with Gasteiger partial charge in [-0.3, -0.25) is 9.59 Å². The SMILES string of the molecule is COc1cc2c(c(Cc3c(OC)cccc3C(O)C#CCCCO[Si](C)(C)C(C)(C)C)c1C)C(=O)c1ccccc1C2=O. The number of hydrogen-bond donors (Lipinski definition) is 1. The largest absolute Gasteiger partial charge is 0.496 e. The average molecular weight is 599 g/mol. The minimum atomic E-state index is -1.81. The lowest BCUT2D eigenvalue weighted by Gasteiger charge is -2.36. The van der Waals surface area contributed by atoms with E-state index in [2.05, 4.69) is 45.7 Å². The molecule has 0 spiro atoms. The lowest BCUT2D eigenvalue weighted by molar-refractivity contribution is 0.0978. The lowest BCUT2D eigenvalue weighted by Crippen LogP contribution is -2.40. The van der Waals surface area contributed by atoms with Crippen LogP contribution in [0.3, 0.4) is 0 Å². The van der Waals surface area contributed by atoms with E-state index in [0.717, 1.165) is 12.0 Å². The Kier molecular flexibility index (Phi) is 9.65. The summed E-state index contributed by atoms with van der Waals surface area (Å²) in [6, 6.07) is 14.0. The summed E-state index contributed by atoms with van der Waals surface area (Å²) in [6.07, 6.45) is 0.560. The molecular weight excluding hydrogens is 556 g/mol. The Balaban J connectivity index is 1.66. The van der Waals surface area contributed by atoms with E-state index in [1.165, 1.54) is 0 Å². The first-order chi connectivity index (χ1) is 20.3.